The fraction of sp³-hybridized carbons (Fsp3) is 0.533. The minimum Gasteiger partial charge on any atom is -0.355 e. The fourth-order valence-corrected chi connectivity index (χ4v) is 5.71. The van der Waals surface area contributed by atoms with Crippen molar-refractivity contribution in [3.63, 3.8) is 0 Å². The van der Waals surface area contributed by atoms with E-state index in [1.807, 2.05) is 26.0 Å². The minimum absolute atomic E-state index is 0.0340. The lowest BCUT2D eigenvalue weighted by atomic mass is 9.78. The molecule has 2 aromatic carbocycles. The van der Waals surface area contributed by atoms with E-state index >= 15 is 0 Å². The first-order valence-electron chi connectivity index (χ1n) is 13.5. The second-order valence-electron chi connectivity index (χ2n) is 10.8. The minimum atomic E-state index is -0.505. The SMILES string of the molecule is CC(C)C(=O)Nc1cccc(C2CCN(CCCNC(=O)C3(c4ccc(F)cc4)CCCC3)CC2)c1. The normalized spacial score (nSPS) is 18.3. The fourth-order valence-electron chi connectivity index (χ4n) is 5.71. The number of hydrogen-bond acceptors (Lipinski definition) is 3. The van der Waals surface area contributed by atoms with E-state index in [1.54, 1.807) is 12.1 Å². The van der Waals surface area contributed by atoms with E-state index in [1.165, 1.54) is 17.7 Å². The Morgan fingerprint density at radius 1 is 1.06 bits per heavy atom. The molecule has 1 saturated carbocycles. The third kappa shape index (κ3) is 6.33. The number of piperidine rings is 1. The van der Waals surface area contributed by atoms with Gasteiger partial charge in [-0.3, -0.25) is 9.59 Å². The Kier molecular flexibility index (Phi) is 8.78. The number of halogens is 1. The summed E-state index contributed by atoms with van der Waals surface area (Å²) in [7, 11) is 0. The lowest BCUT2D eigenvalue weighted by molar-refractivity contribution is -0.126. The molecular formula is C30H40FN3O2. The summed E-state index contributed by atoms with van der Waals surface area (Å²) >= 11 is 0. The highest BCUT2D eigenvalue weighted by atomic mass is 19.1. The number of anilines is 1. The van der Waals surface area contributed by atoms with Crippen molar-refractivity contribution in [3.05, 3.63) is 65.5 Å². The summed E-state index contributed by atoms with van der Waals surface area (Å²) in [6.07, 6.45) is 6.86. The summed E-state index contributed by atoms with van der Waals surface area (Å²) in [6, 6.07) is 14.8. The summed E-state index contributed by atoms with van der Waals surface area (Å²) in [4.78, 5) is 27.7. The highest BCUT2D eigenvalue weighted by Gasteiger charge is 2.42. The zero-order valence-corrected chi connectivity index (χ0v) is 21.7. The van der Waals surface area contributed by atoms with Gasteiger partial charge in [0.1, 0.15) is 5.82 Å². The maximum absolute atomic E-state index is 13.4. The molecule has 2 aliphatic rings. The molecule has 1 heterocycles. The van der Waals surface area contributed by atoms with E-state index in [0.29, 0.717) is 12.5 Å². The van der Waals surface area contributed by atoms with E-state index < -0.39 is 5.41 Å². The number of nitrogens with zero attached hydrogens (tertiary/aromatic N) is 1. The Morgan fingerprint density at radius 2 is 1.75 bits per heavy atom. The van der Waals surface area contributed by atoms with Gasteiger partial charge in [0.2, 0.25) is 11.8 Å². The number of nitrogens with one attached hydrogen (secondary N) is 2. The van der Waals surface area contributed by atoms with Crippen molar-refractivity contribution in [2.24, 2.45) is 5.92 Å². The molecule has 2 aromatic rings. The molecular weight excluding hydrogens is 453 g/mol. The molecule has 0 spiro atoms. The molecule has 2 amide bonds. The van der Waals surface area contributed by atoms with Gasteiger partial charge in [-0.1, -0.05) is 51.0 Å². The van der Waals surface area contributed by atoms with E-state index in [-0.39, 0.29) is 23.5 Å². The molecule has 4 rings (SSSR count). The van der Waals surface area contributed by atoms with Crippen LogP contribution in [0.3, 0.4) is 0 Å². The molecule has 2 fully saturated rings. The topological polar surface area (TPSA) is 61.4 Å². The van der Waals surface area contributed by atoms with Crippen molar-refractivity contribution < 1.29 is 14.0 Å². The van der Waals surface area contributed by atoms with Crippen molar-refractivity contribution in [2.45, 2.75) is 70.1 Å². The van der Waals surface area contributed by atoms with Crippen molar-refractivity contribution in [3.8, 4) is 0 Å². The Bertz CT molecular complexity index is 1020. The zero-order chi connectivity index (χ0) is 25.5. The van der Waals surface area contributed by atoms with Gasteiger partial charge in [0.05, 0.1) is 5.41 Å². The van der Waals surface area contributed by atoms with Gasteiger partial charge in [-0.05, 0) is 93.0 Å². The van der Waals surface area contributed by atoms with Crippen molar-refractivity contribution in [1.82, 2.24) is 10.2 Å². The number of hydrogen-bond donors (Lipinski definition) is 2. The standard InChI is InChI=1S/C30H40FN3O2/c1-22(2)28(35)33-27-8-5-7-24(21-27)23-13-19-34(20-14-23)18-6-17-32-29(36)30(15-3-4-16-30)25-9-11-26(31)12-10-25/h5,7-12,21-23H,3-4,6,13-20H2,1-2H3,(H,32,36)(H,33,35). The molecule has 2 N–H and O–H groups in total. The number of amides is 2. The third-order valence-electron chi connectivity index (χ3n) is 7.96. The van der Waals surface area contributed by atoms with Gasteiger partial charge < -0.3 is 15.5 Å². The Hall–Kier alpha value is -2.73. The van der Waals surface area contributed by atoms with Crippen LogP contribution in [0.15, 0.2) is 48.5 Å². The van der Waals surface area contributed by atoms with Crippen molar-refractivity contribution in [2.75, 3.05) is 31.5 Å². The molecule has 0 radical (unpaired) electrons. The maximum Gasteiger partial charge on any atom is 0.230 e. The average molecular weight is 494 g/mol. The molecule has 0 atom stereocenters. The summed E-state index contributed by atoms with van der Waals surface area (Å²) in [5, 5.41) is 6.20. The molecule has 6 heteroatoms. The van der Waals surface area contributed by atoms with Gasteiger partial charge >= 0.3 is 0 Å². The predicted molar refractivity (Wildman–Crippen MR) is 142 cm³/mol. The molecule has 0 bridgehead atoms. The van der Waals surface area contributed by atoms with Crippen molar-refractivity contribution >= 4 is 17.5 Å². The van der Waals surface area contributed by atoms with Crippen LogP contribution in [0, 0.1) is 11.7 Å². The van der Waals surface area contributed by atoms with Crippen LogP contribution in [0.25, 0.3) is 0 Å². The smallest absolute Gasteiger partial charge is 0.230 e. The molecule has 1 aliphatic heterocycles. The Morgan fingerprint density at radius 3 is 2.42 bits per heavy atom. The predicted octanol–water partition coefficient (Wildman–Crippen LogP) is 5.62. The largest absolute Gasteiger partial charge is 0.355 e. The van der Waals surface area contributed by atoms with E-state index in [0.717, 1.165) is 75.8 Å². The molecule has 1 aliphatic carbocycles. The van der Waals surface area contributed by atoms with E-state index in [2.05, 4.69) is 27.7 Å². The second kappa shape index (κ2) is 12.0. The number of carbonyl (C=O) groups is 2. The van der Waals surface area contributed by atoms with E-state index in [9.17, 15) is 14.0 Å². The van der Waals surface area contributed by atoms with Gasteiger partial charge in [0.15, 0.2) is 0 Å². The molecule has 0 aromatic heterocycles. The second-order valence-corrected chi connectivity index (χ2v) is 10.8. The quantitative estimate of drug-likeness (QED) is 0.446. The first-order valence-corrected chi connectivity index (χ1v) is 13.5. The Balaban J connectivity index is 1.21. The molecule has 36 heavy (non-hydrogen) atoms. The number of benzene rings is 2. The van der Waals surface area contributed by atoms with E-state index in [4.69, 9.17) is 0 Å². The summed E-state index contributed by atoms with van der Waals surface area (Å²) in [6.45, 7) is 7.53. The van der Waals surface area contributed by atoms with Crippen LogP contribution in [0.5, 0.6) is 0 Å². The zero-order valence-electron chi connectivity index (χ0n) is 21.7. The third-order valence-corrected chi connectivity index (χ3v) is 7.96. The van der Waals surface area contributed by atoms with Gasteiger partial charge in [-0.25, -0.2) is 4.39 Å². The van der Waals surface area contributed by atoms with Crippen molar-refractivity contribution in [1.29, 1.82) is 0 Å². The van der Waals surface area contributed by atoms with Crippen LogP contribution in [-0.4, -0.2) is 42.9 Å². The van der Waals surface area contributed by atoms with Gasteiger partial charge in [-0.2, -0.15) is 0 Å². The molecule has 194 valence electrons. The highest BCUT2D eigenvalue weighted by Crippen LogP contribution is 2.41. The molecule has 5 nitrogen and oxygen atoms in total. The van der Waals surface area contributed by atoms with Gasteiger partial charge in [0, 0.05) is 18.2 Å². The van der Waals surface area contributed by atoms with Crippen LogP contribution >= 0.6 is 0 Å². The summed E-state index contributed by atoms with van der Waals surface area (Å²) in [5.41, 5.74) is 2.61. The summed E-state index contributed by atoms with van der Waals surface area (Å²) in [5.74, 6) is 0.352. The maximum atomic E-state index is 13.4. The first-order chi connectivity index (χ1) is 17.4. The lowest BCUT2D eigenvalue weighted by Gasteiger charge is -2.32. The number of carbonyl (C=O) groups excluding carboxylic acids is 2. The molecule has 1 saturated heterocycles. The summed E-state index contributed by atoms with van der Waals surface area (Å²) < 4.78 is 13.4. The molecule has 0 unspecified atom stereocenters. The number of likely N-dealkylation sites (tertiary alicyclic amines) is 1. The van der Waals surface area contributed by atoms with Crippen LogP contribution in [0.1, 0.15) is 75.8 Å². The first kappa shape index (κ1) is 26.3. The van der Waals surface area contributed by atoms with Crippen LogP contribution in [-0.2, 0) is 15.0 Å². The van der Waals surface area contributed by atoms with Gasteiger partial charge in [0.25, 0.3) is 0 Å². The number of rotatable bonds is 9. The monoisotopic (exact) mass is 493 g/mol. The van der Waals surface area contributed by atoms with Crippen LogP contribution in [0.4, 0.5) is 10.1 Å². The average Bonchev–Trinajstić information content (AvgIpc) is 3.39. The Labute approximate surface area is 214 Å². The van der Waals surface area contributed by atoms with Gasteiger partial charge in [-0.15, -0.1) is 0 Å². The highest BCUT2D eigenvalue weighted by molar-refractivity contribution is 5.92. The van der Waals surface area contributed by atoms with Crippen LogP contribution in [0.2, 0.25) is 0 Å². The lowest BCUT2D eigenvalue weighted by Crippen LogP contribution is -2.43. The van der Waals surface area contributed by atoms with Crippen LogP contribution < -0.4 is 10.6 Å².